The zero-order chi connectivity index (χ0) is 33.1. The maximum absolute atomic E-state index is 13.5. The summed E-state index contributed by atoms with van der Waals surface area (Å²) in [6, 6.07) is 10.6. The second-order valence-corrected chi connectivity index (χ2v) is 15.1. The zero-order valence-corrected chi connectivity index (χ0v) is 28.0. The van der Waals surface area contributed by atoms with E-state index in [9.17, 15) is 28.2 Å². The van der Waals surface area contributed by atoms with E-state index in [-0.39, 0.29) is 24.0 Å². The molecule has 250 valence electrons. The van der Waals surface area contributed by atoms with Crippen molar-refractivity contribution in [1.82, 2.24) is 9.62 Å². The van der Waals surface area contributed by atoms with Crippen LogP contribution in [0.1, 0.15) is 61.6 Å². The summed E-state index contributed by atoms with van der Waals surface area (Å²) in [7, 11) is -2.46. The number of hydrogen-bond donors (Lipinski definition) is 3. The van der Waals surface area contributed by atoms with E-state index in [0.29, 0.717) is 48.9 Å². The predicted molar refractivity (Wildman–Crippen MR) is 177 cm³/mol. The Morgan fingerprint density at radius 3 is 2.63 bits per heavy atom. The molecule has 2 aromatic carbocycles. The first-order chi connectivity index (χ1) is 21.8. The minimum absolute atomic E-state index is 0.0842. The van der Waals surface area contributed by atoms with Gasteiger partial charge in [-0.05, 0) is 97.7 Å². The van der Waals surface area contributed by atoms with Crippen molar-refractivity contribution < 1.29 is 33.0 Å². The van der Waals surface area contributed by atoms with Crippen LogP contribution in [0.5, 0.6) is 5.75 Å². The van der Waals surface area contributed by atoms with Crippen LogP contribution in [0.15, 0.2) is 48.6 Å². The molecule has 3 aliphatic rings. The van der Waals surface area contributed by atoms with Crippen LogP contribution in [0, 0.1) is 11.8 Å². The van der Waals surface area contributed by atoms with E-state index in [1.165, 1.54) is 11.0 Å². The minimum atomic E-state index is -4.05. The number of aliphatic hydroxyl groups excluding tert-OH is 1. The molecular formula is C34H44ClN3O7S. The van der Waals surface area contributed by atoms with Gasteiger partial charge in [0.2, 0.25) is 15.9 Å². The Morgan fingerprint density at radius 1 is 1.09 bits per heavy atom. The second kappa shape index (κ2) is 14.3. The maximum Gasteiger partial charge on any atom is 0.270 e. The first-order valence-corrected chi connectivity index (χ1v) is 18.2. The van der Waals surface area contributed by atoms with Gasteiger partial charge in [0, 0.05) is 31.7 Å². The van der Waals surface area contributed by atoms with E-state index in [4.69, 9.17) is 16.3 Å². The molecule has 2 bridgehead atoms. The number of sulfonamides is 1. The van der Waals surface area contributed by atoms with Gasteiger partial charge in [-0.2, -0.15) is 0 Å². The number of ether oxygens (including phenoxy) is 1. The molecule has 4 atom stereocenters. The Kier molecular flexibility index (Phi) is 10.7. The van der Waals surface area contributed by atoms with Gasteiger partial charge < -0.3 is 24.7 Å². The number of aryl methyl sites for hydroxylation is 1. The van der Waals surface area contributed by atoms with Gasteiger partial charge in [-0.1, -0.05) is 35.9 Å². The number of benzene rings is 2. The Hall–Kier alpha value is -3.12. The van der Waals surface area contributed by atoms with Gasteiger partial charge in [0.25, 0.3) is 5.91 Å². The van der Waals surface area contributed by atoms with Crippen LogP contribution < -0.4 is 14.4 Å². The molecule has 2 aromatic rings. The Bertz CT molecular complexity index is 1580. The standard InChI is InChI=1S/C34H44ClN3O7S/c1-37-16-6-3-4-9-30(39)28-14-11-24(28)21-38-17-7-5-8-23-18-27(35)13-10-25(23)22-45-31-15-12-26(19-29(31)38)34(42,20-32(37)40)33(41)36-46(2,43)44/h4,9-10,12-13,15,18-19,24,28,30,39,42H,3,5-8,11,14,16-17,20-22H2,1-2H3,(H,36,41)/b9-4+/t24-,28+,30-,34+/m0/s1. The van der Waals surface area contributed by atoms with Gasteiger partial charge in [-0.3, -0.25) is 14.3 Å². The van der Waals surface area contributed by atoms with Crippen molar-refractivity contribution in [1.29, 1.82) is 0 Å². The normalized spacial score (nSPS) is 27.1. The fraction of sp³-hybridized carbons (Fsp3) is 0.529. The van der Waals surface area contributed by atoms with Gasteiger partial charge in [0.15, 0.2) is 5.60 Å². The van der Waals surface area contributed by atoms with E-state index in [2.05, 4.69) is 4.90 Å². The van der Waals surface area contributed by atoms with Crippen molar-refractivity contribution in [3.05, 3.63) is 70.3 Å². The number of allylic oxidation sites excluding steroid dienone is 1. The first-order valence-electron chi connectivity index (χ1n) is 16.0. The summed E-state index contributed by atoms with van der Waals surface area (Å²) in [6.07, 6.45) is 9.06. The fourth-order valence-electron chi connectivity index (χ4n) is 6.62. The number of nitrogens with one attached hydrogen (secondary N) is 1. The van der Waals surface area contributed by atoms with Crippen molar-refractivity contribution in [2.75, 3.05) is 37.8 Å². The highest BCUT2D eigenvalue weighted by Crippen LogP contribution is 2.42. The molecule has 2 amide bonds. The lowest BCUT2D eigenvalue weighted by molar-refractivity contribution is -0.148. The molecule has 3 N–H and O–H groups in total. The van der Waals surface area contributed by atoms with Gasteiger partial charge in [-0.25, -0.2) is 8.42 Å². The summed E-state index contributed by atoms with van der Waals surface area (Å²) in [5.41, 5.74) is 0.351. The van der Waals surface area contributed by atoms with Gasteiger partial charge in [-0.15, -0.1) is 0 Å². The fourth-order valence-corrected chi connectivity index (χ4v) is 7.32. The number of carbonyl (C=O) groups is 2. The molecule has 1 aliphatic carbocycles. The highest BCUT2D eigenvalue weighted by molar-refractivity contribution is 7.89. The van der Waals surface area contributed by atoms with Crippen LogP contribution in [0.3, 0.4) is 0 Å². The summed E-state index contributed by atoms with van der Waals surface area (Å²) in [4.78, 5) is 30.5. The summed E-state index contributed by atoms with van der Waals surface area (Å²) >= 11 is 6.32. The maximum atomic E-state index is 13.5. The monoisotopic (exact) mass is 673 g/mol. The van der Waals surface area contributed by atoms with Crippen LogP contribution in [-0.2, 0) is 38.2 Å². The third-order valence-corrected chi connectivity index (χ3v) is 10.3. The molecule has 10 nitrogen and oxygen atoms in total. The average Bonchev–Trinajstić information content (AvgIpc) is 3.00. The molecule has 2 heterocycles. The van der Waals surface area contributed by atoms with Gasteiger partial charge in [0.1, 0.15) is 12.4 Å². The number of carbonyl (C=O) groups excluding carboxylic acids is 2. The van der Waals surface area contributed by atoms with E-state index >= 15 is 0 Å². The highest BCUT2D eigenvalue weighted by atomic mass is 35.5. The van der Waals surface area contributed by atoms with Gasteiger partial charge >= 0.3 is 0 Å². The summed E-state index contributed by atoms with van der Waals surface area (Å²) in [5, 5.41) is 23.7. The molecule has 12 heteroatoms. The summed E-state index contributed by atoms with van der Waals surface area (Å²) < 4.78 is 32.6. The molecule has 0 radical (unpaired) electrons. The van der Waals surface area contributed by atoms with Crippen LogP contribution in [-0.4, -0.2) is 74.4 Å². The first kappa shape index (κ1) is 34.2. The number of amides is 2. The van der Waals surface area contributed by atoms with E-state index in [1.807, 2.05) is 35.1 Å². The molecule has 0 unspecified atom stereocenters. The van der Waals surface area contributed by atoms with Crippen LogP contribution >= 0.6 is 11.6 Å². The number of nitrogens with zero attached hydrogens (tertiary/aromatic N) is 2. The molecule has 46 heavy (non-hydrogen) atoms. The van der Waals surface area contributed by atoms with E-state index in [1.54, 1.807) is 19.2 Å². The molecule has 0 spiro atoms. The Morgan fingerprint density at radius 2 is 1.89 bits per heavy atom. The van der Waals surface area contributed by atoms with Crippen LogP contribution in [0.25, 0.3) is 0 Å². The number of hydrogen-bond acceptors (Lipinski definition) is 8. The number of fused-ring (bicyclic) bond motifs is 3. The molecule has 1 fully saturated rings. The van der Waals surface area contributed by atoms with Crippen molar-refractivity contribution >= 4 is 39.1 Å². The third-order valence-electron chi connectivity index (χ3n) is 9.51. The Labute approximate surface area is 276 Å². The van der Waals surface area contributed by atoms with Crippen LogP contribution in [0.4, 0.5) is 5.69 Å². The van der Waals surface area contributed by atoms with Crippen LogP contribution in [0.2, 0.25) is 5.02 Å². The van der Waals surface area contributed by atoms with Gasteiger partial charge in [0.05, 0.1) is 24.5 Å². The summed E-state index contributed by atoms with van der Waals surface area (Å²) in [5.74, 6) is -0.902. The van der Waals surface area contributed by atoms with Crippen molar-refractivity contribution in [3.8, 4) is 5.75 Å². The number of aliphatic hydroxyl groups is 2. The smallest absolute Gasteiger partial charge is 0.270 e. The van der Waals surface area contributed by atoms with Crippen molar-refractivity contribution in [2.45, 2.75) is 69.7 Å². The second-order valence-electron chi connectivity index (χ2n) is 12.9. The number of halogens is 1. The molecule has 0 aromatic heterocycles. The highest BCUT2D eigenvalue weighted by Gasteiger charge is 2.43. The minimum Gasteiger partial charge on any atom is -0.487 e. The molecule has 5 rings (SSSR count). The average molecular weight is 674 g/mol. The van der Waals surface area contributed by atoms with Crippen molar-refractivity contribution in [2.24, 2.45) is 11.8 Å². The molecule has 2 aliphatic heterocycles. The quantitative estimate of drug-likeness (QED) is 0.409. The molecule has 1 saturated carbocycles. The largest absolute Gasteiger partial charge is 0.487 e. The lowest BCUT2D eigenvalue weighted by Gasteiger charge is -2.42. The van der Waals surface area contributed by atoms with E-state index < -0.39 is 40.0 Å². The molecule has 0 saturated heterocycles. The predicted octanol–water partition coefficient (Wildman–Crippen LogP) is 3.91. The molecular weight excluding hydrogens is 630 g/mol. The lowest BCUT2D eigenvalue weighted by atomic mass is 9.70. The lowest BCUT2D eigenvalue weighted by Crippen LogP contribution is -2.49. The topological polar surface area (TPSA) is 136 Å². The SMILES string of the molecule is CN1CCC/C=C/[C@H](O)[C@@H]2CC[C@H]2CN2CCCCc3cc(Cl)ccc3COc3ccc(cc32)[C@@](O)(C(=O)NS(C)(=O)=O)CC1=O. The Balaban J connectivity index is 1.61. The van der Waals surface area contributed by atoms with Crippen molar-refractivity contribution in [3.63, 3.8) is 0 Å². The van der Waals surface area contributed by atoms with E-state index in [0.717, 1.165) is 49.5 Å². The third kappa shape index (κ3) is 8.05. The number of anilines is 1. The summed E-state index contributed by atoms with van der Waals surface area (Å²) in [6.45, 7) is 1.88. The zero-order valence-electron chi connectivity index (χ0n) is 26.5. The number of rotatable bonds is 2.